The van der Waals surface area contributed by atoms with Crippen LogP contribution in [0.5, 0.6) is 0 Å². The molecule has 0 bridgehead atoms. The third-order valence-corrected chi connectivity index (χ3v) is 9.83. The average Bonchev–Trinajstić information content (AvgIpc) is 2.73. The molecule has 1 atom stereocenters. The van der Waals surface area contributed by atoms with Crippen LogP contribution >= 0.6 is 7.26 Å². The van der Waals surface area contributed by atoms with Crippen LogP contribution in [-0.2, 0) is 4.79 Å². The van der Waals surface area contributed by atoms with Gasteiger partial charge in [-0.2, -0.15) is 0 Å². The van der Waals surface area contributed by atoms with Crippen molar-refractivity contribution in [3.05, 3.63) is 91.0 Å². The molecular weight excluding hydrogens is 351 g/mol. The van der Waals surface area contributed by atoms with Crippen LogP contribution in [0.4, 0.5) is 0 Å². The number of hydrogen-bond donors (Lipinski definition) is 1. The first-order valence-electron chi connectivity index (χ1n) is 9.49. The zero-order valence-electron chi connectivity index (χ0n) is 15.7. The van der Waals surface area contributed by atoms with Gasteiger partial charge in [0.1, 0.15) is 23.2 Å². The van der Waals surface area contributed by atoms with E-state index in [1.165, 1.54) is 0 Å². The van der Waals surface area contributed by atoms with E-state index in [4.69, 9.17) is 0 Å². The van der Waals surface area contributed by atoms with E-state index < -0.39 is 18.9 Å². The summed E-state index contributed by atoms with van der Waals surface area (Å²) in [5.41, 5.74) is -0.440. The summed E-state index contributed by atoms with van der Waals surface area (Å²) in [5.74, 6) is -0.701. The van der Waals surface area contributed by atoms with Crippen LogP contribution in [0.25, 0.3) is 0 Å². The van der Waals surface area contributed by atoms with Gasteiger partial charge < -0.3 is 5.11 Å². The molecule has 0 aromatic heterocycles. The normalized spacial score (nSPS) is 12.5. The molecule has 27 heavy (non-hydrogen) atoms. The molecule has 0 aliphatic heterocycles. The van der Waals surface area contributed by atoms with Crippen molar-refractivity contribution in [2.75, 3.05) is 0 Å². The highest BCUT2D eigenvalue weighted by molar-refractivity contribution is 7.96. The Balaban J connectivity index is 2.37. The Hall–Kier alpha value is -2.44. The second-order valence-corrected chi connectivity index (χ2v) is 10.3. The first kappa shape index (κ1) is 19.3. The predicted molar refractivity (Wildman–Crippen MR) is 116 cm³/mol. The van der Waals surface area contributed by atoms with E-state index in [1.54, 1.807) is 0 Å². The van der Waals surface area contributed by atoms with Gasteiger partial charge in [-0.3, -0.25) is 0 Å². The third-order valence-electron chi connectivity index (χ3n) is 5.07. The minimum Gasteiger partial charge on any atom is -0.478 e. The number of hydrogen-bond acceptors (Lipinski definition) is 1. The van der Waals surface area contributed by atoms with Crippen LogP contribution < -0.4 is 15.9 Å². The summed E-state index contributed by atoms with van der Waals surface area (Å²) in [5, 5.41) is 13.7. The van der Waals surface area contributed by atoms with Gasteiger partial charge in [0.2, 0.25) is 0 Å². The number of benzene rings is 3. The molecule has 3 aromatic carbocycles. The van der Waals surface area contributed by atoms with E-state index in [2.05, 4.69) is 43.3 Å². The molecule has 138 valence electrons. The third kappa shape index (κ3) is 3.82. The van der Waals surface area contributed by atoms with Gasteiger partial charge >= 0.3 is 5.97 Å². The molecule has 0 heterocycles. The lowest BCUT2D eigenvalue weighted by Crippen LogP contribution is -2.42. The highest BCUT2D eigenvalue weighted by Gasteiger charge is 2.55. The monoisotopic (exact) mass is 377 g/mol. The summed E-state index contributed by atoms with van der Waals surface area (Å²) in [6, 6.07) is 30.8. The summed E-state index contributed by atoms with van der Waals surface area (Å²) >= 11 is 0. The highest BCUT2D eigenvalue weighted by atomic mass is 31.2. The Kier molecular flexibility index (Phi) is 6.42. The van der Waals surface area contributed by atoms with Crippen molar-refractivity contribution in [2.45, 2.75) is 31.8 Å². The fourth-order valence-corrected chi connectivity index (χ4v) is 8.66. The van der Waals surface area contributed by atoms with Gasteiger partial charge in [-0.05, 0) is 49.2 Å². The molecule has 2 nitrogen and oxygen atoms in total. The van der Waals surface area contributed by atoms with Gasteiger partial charge in [-0.15, -0.1) is 0 Å². The number of carboxylic acid groups (broad SMARTS) is 1. The van der Waals surface area contributed by atoms with Crippen molar-refractivity contribution in [3.8, 4) is 0 Å². The molecular formula is C24H26O2P+. The summed E-state index contributed by atoms with van der Waals surface area (Å²) in [4.78, 5) is 12.6. The van der Waals surface area contributed by atoms with E-state index >= 15 is 0 Å². The average molecular weight is 377 g/mol. The Bertz CT molecular complexity index is 751. The lowest BCUT2D eigenvalue weighted by Gasteiger charge is -2.32. The summed E-state index contributed by atoms with van der Waals surface area (Å²) < 4.78 is 0. The summed E-state index contributed by atoms with van der Waals surface area (Å²) in [6.07, 6.45) is 2.58. The highest BCUT2D eigenvalue weighted by Crippen LogP contribution is 2.61. The van der Waals surface area contributed by atoms with Crippen LogP contribution in [0.1, 0.15) is 26.2 Å². The fourth-order valence-electron chi connectivity index (χ4n) is 3.86. The van der Waals surface area contributed by atoms with Gasteiger partial charge in [0.25, 0.3) is 0 Å². The van der Waals surface area contributed by atoms with Crippen molar-refractivity contribution in [1.29, 1.82) is 0 Å². The fraction of sp³-hybridized carbons (Fsp3) is 0.208. The van der Waals surface area contributed by atoms with Gasteiger partial charge in [0.15, 0.2) is 5.66 Å². The molecule has 3 aromatic rings. The zero-order chi connectivity index (χ0) is 19.1. The second kappa shape index (κ2) is 8.97. The van der Waals surface area contributed by atoms with Crippen LogP contribution in [-0.4, -0.2) is 16.7 Å². The number of carbonyl (C=O) groups is 1. The molecule has 0 saturated carbocycles. The Morgan fingerprint density at radius 1 is 0.778 bits per heavy atom. The SMILES string of the molecule is CCCCC(C(=O)O)[P+](c1ccccc1)(c1ccccc1)c1ccccc1. The minimum atomic E-state index is -2.35. The zero-order valence-corrected chi connectivity index (χ0v) is 16.6. The lowest BCUT2D eigenvalue weighted by atomic mass is 10.2. The summed E-state index contributed by atoms with van der Waals surface area (Å²) in [6.45, 7) is 2.12. The van der Waals surface area contributed by atoms with Crippen molar-refractivity contribution in [1.82, 2.24) is 0 Å². The maximum Gasteiger partial charge on any atom is 0.345 e. The standard InChI is InChI=1S/C24H25O2P/c1-2-3-19-23(24(25)26)27(20-13-7-4-8-14-20,21-15-9-5-10-16-21)22-17-11-6-12-18-22/h4-18,23H,2-3,19H2,1H3/p+1. The van der Waals surface area contributed by atoms with Gasteiger partial charge in [0.05, 0.1) is 0 Å². The van der Waals surface area contributed by atoms with Crippen molar-refractivity contribution in [3.63, 3.8) is 0 Å². The molecule has 0 radical (unpaired) electrons. The van der Waals surface area contributed by atoms with Crippen molar-refractivity contribution in [2.24, 2.45) is 0 Å². The quantitative estimate of drug-likeness (QED) is 0.582. The number of aliphatic carboxylic acids is 1. The second-order valence-electron chi connectivity index (χ2n) is 6.73. The van der Waals surface area contributed by atoms with Crippen LogP contribution in [0.15, 0.2) is 91.0 Å². The Labute approximate surface area is 162 Å². The molecule has 0 amide bonds. The van der Waals surface area contributed by atoms with Crippen LogP contribution in [0, 0.1) is 0 Å². The Morgan fingerprint density at radius 3 is 1.44 bits per heavy atom. The molecule has 0 aliphatic carbocycles. The first-order valence-corrected chi connectivity index (χ1v) is 11.4. The maximum atomic E-state index is 12.6. The molecule has 1 unspecified atom stereocenters. The molecule has 0 spiro atoms. The molecule has 0 fully saturated rings. The maximum absolute atomic E-state index is 12.6. The van der Waals surface area contributed by atoms with Gasteiger partial charge in [-0.25, -0.2) is 4.79 Å². The molecule has 3 heteroatoms. The molecule has 1 N–H and O–H groups in total. The molecule has 3 rings (SSSR count). The van der Waals surface area contributed by atoms with E-state index in [0.717, 1.165) is 28.8 Å². The summed E-state index contributed by atoms with van der Waals surface area (Å²) in [7, 11) is -2.35. The lowest BCUT2D eigenvalue weighted by molar-refractivity contribution is -0.136. The van der Waals surface area contributed by atoms with Crippen molar-refractivity contribution >= 4 is 29.1 Å². The largest absolute Gasteiger partial charge is 0.478 e. The van der Waals surface area contributed by atoms with Gasteiger partial charge in [0, 0.05) is 0 Å². The molecule has 0 saturated heterocycles. The molecule has 0 aliphatic rings. The minimum absolute atomic E-state index is 0.440. The number of carboxylic acids is 1. The van der Waals surface area contributed by atoms with E-state index in [1.807, 2.05) is 54.6 Å². The van der Waals surface area contributed by atoms with Crippen LogP contribution in [0.2, 0.25) is 0 Å². The smallest absolute Gasteiger partial charge is 0.345 e. The topological polar surface area (TPSA) is 37.3 Å². The first-order chi connectivity index (χ1) is 13.2. The predicted octanol–water partition coefficient (Wildman–Crippen LogP) is 4.62. The van der Waals surface area contributed by atoms with Crippen LogP contribution in [0.3, 0.4) is 0 Å². The number of unbranched alkanes of at least 4 members (excludes halogenated alkanes) is 1. The van der Waals surface area contributed by atoms with Gasteiger partial charge in [-0.1, -0.05) is 67.9 Å². The number of rotatable bonds is 8. The van der Waals surface area contributed by atoms with E-state index in [9.17, 15) is 9.90 Å². The van der Waals surface area contributed by atoms with E-state index in [0.29, 0.717) is 6.42 Å². The Morgan fingerprint density at radius 2 is 1.15 bits per heavy atom. The van der Waals surface area contributed by atoms with E-state index in [-0.39, 0.29) is 0 Å². The van der Waals surface area contributed by atoms with Crippen molar-refractivity contribution < 1.29 is 9.90 Å².